The summed E-state index contributed by atoms with van der Waals surface area (Å²) in [5, 5.41) is 19.6. The van der Waals surface area contributed by atoms with Crippen molar-refractivity contribution >= 4 is 34.6 Å². The van der Waals surface area contributed by atoms with Gasteiger partial charge in [-0.25, -0.2) is 9.59 Å². The van der Waals surface area contributed by atoms with Crippen molar-refractivity contribution in [3.05, 3.63) is 75.8 Å². The number of thioether (sulfide) groups is 1. The molecular formula is C20H18N2O7S. The molecule has 2 aromatic carbocycles. The second-order valence-corrected chi connectivity index (χ2v) is 7.89. The van der Waals surface area contributed by atoms with Gasteiger partial charge in [0.05, 0.1) is 4.92 Å². The lowest BCUT2D eigenvalue weighted by atomic mass is 10.2. The maximum Gasteiger partial charge on any atom is 0.410 e. The number of nitro benzene ring substituents is 1. The molecule has 3 rings (SSSR count). The topological polar surface area (TPSA) is 127 Å². The number of non-ortho nitro benzene ring substituents is 1. The SMILES string of the molecule is O=C(SC1C[C@@H](C(=O)O)N(C(=O)OCc2ccc([N+](=O)[O-])cc2)C1)c1ccccc1. The Balaban J connectivity index is 1.60. The molecule has 1 aliphatic heterocycles. The zero-order chi connectivity index (χ0) is 21.7. The van der Waals surface area contributed by atoms with Gasteiger partial charge in [0.2, 0.25) is 5.12 Å². The molecule has 0 aromatic heterocycles. The van der Waals surface area contributed by atoms with Gasteiger partial charge in [0.15, 0.2) is 0 Å². The zero-order valence-corrected chi connectivity index (χ0v) is 16.5. The normalized spacial score (nSPS) is 18.1. The summed E-state index contributed by atoms with van der Waals surface area (Å²) in [6, 6.07) is 13.0. The molecule has 2 aromatic rings. The first-order valence-electron chi connectivity index (χ1n) is 9.00. The van der Waals surface area contributed by atoms with Crippen LogP contribution in [0.5, 0.6) is 0 Å². The van der Waals surface area contributed by atoms with Crippen molar-refractivity contribution in [2.45, 2.75) is 24.3 Å². The predicted molar refractivity (Wildman–Crippen MR) is 108 cm³/mol. The van der Waals surface area contributed by atoms with E-state index in [1.54, 1.807) is 30.3 Å². The van der Waals surface area contributed by atoms with E-state index in [-0.39, 0.29) is 35.6 Å². The number of hydrogen-bond donors (Lipinski definition) is 1. The van der Waals surface area contributed by atoms with E-state index in [4.69, 9.17) is 4.74 Å². The van der Waals surface area contributed by atoms with Crippen LogP contribution in [-0.2, 0) is 16.1 Å². The lowest BCUT2D eigenvalue weighted by Crippen LogP contribution is -2.40. The van der Waals surface area contributed by atoms with E-state index in [1.807, 2.05) is 0 Å². The summed E-state index contributed by atoms with van der Waals surface area (Å²) in [6.45, 7) is -0.0836. The summed E-state index contributed by atoms with van der Waals surface area (Å²) >= 11 is 1.01. The highest BCUT2D eigenvalue weighted by Gasteiger charge is 2.41. The highest BCUT2D eigenvalue weighted by Crippen LogP contribution is 2.30. The third-order valence-corrected chi connectivity index (χ3v) is 5.70. The summed E-state index contributed by atoms with van der Waals surface area (Å²) in [4.78, 5) is 47.7. The van der Waals surface area contributed by atoms with Crippen molar-refractivity contribution in [1.29, 1.82) is 0 Å². The van der Waals surface area contributed by atoms with E-state index >= 15 is 0 Å². The monoisotopic (exact) mass is 430 g/mol. The minimum atomic E-state index is -1.17. The maximum atomic E-state index is 12.4. The van der Waals surface area contributed by atoms with Crippen LogP contribution in [0.1, 0.15) is 22.3 Å². The van der Waals surface area contributed by atoms with Crippen LogP contribution in [0.2, 0.25) is 0 Å². The Morgan fingerprint density at radius 3 is 2.40 bits per heavy atom. The van der Waals surface area contributed by atoms with Crippen LogP contribution in [0.4, 0.5) is 10.5 Å². The molecule has 2 atom stereocenters. The van der Waals surface area contributed by atoms with Gasteiger partial charge < -0.3 is 9.84 Å². The van der Waals surface area contributed by atoms with Crippen LogP contribution in [0.25, 0.3) is 0 Å². The number of nitrogens with zero attached hydrogens (tertiary/aromatic N) is 2. The highest BCUT2D eigenvalue weighted by molar-refractivity contribution is 8.14. The van der Waals surface area contributed by atoms with E-state index in [0.29, 0.717) is 11.1 Å². The number of amides is 1. The fourth-order valence-corrected chi connectivity index (χ4v) is 4.14. The Kier molecular flexibility index (Phi) is 6.68. The molecule has 1 amide bonds. The van der Waals surface area contributed by atoms with Crippen molar-refractivity contribution < 1.29 is 29.2 Å². The number of aliphatic carboxylic acids is 1. The molecule has 0 spiro atoms. The van der Waals surface area contributed by atoms with Gasteiger partial charge in [0, 0.05) is 29.5 Å². The predicted octanol–water partition coefficient (Wildman–Crippen LogP) is 3.33. The summed E-state index contributed by atoms with van der Waals surface area (Å²) in [6.07, 6.45) is -0.679. The number of nitro groups is 1. The van der Waals surface area contributed by atoms with Crippen LogP contribution in [0, 0.1) is 10.1 Å². The number of carboxylic acid groups (broad SMARTS) is 1. The van der Waals surface area contributed by atoms with Gasteiger partial charge in [-0.1, -0.05) is 42.1 Å². The van der Waals surface area contributed by atoms with Gasteiger partial charge in [0.25, 0.3) is 5.69 Å². The number of ether oxygens (including phenoxy) is 1. The second-order valence-electron chi connectivity index (χ2n) is 6.61. The van der Waals surface area contributed by atoms with Gasteiger partial charge >= 0.3 is 12.1 Å². The first-order valence-corrected chi connectivity index (χ1v) is 9.88. The average Bonchev–Trinajstić information content (AvgIpc) is 3.17. The summed E-state index contributed by atoms with van der Waals surface area (Å²) in [7, 11) is 0. The molecule has 1 N–H and O–H groups in total. The van der Waals surface area contributed by atoms with Gasteiger partial charge in [-0.2, -0.15) is 0 Å². The fraction of sp³-hybridized carbons (Fsp3) is 0.250. The van der Waals surface area contributed by atoms with Crippen LogP contribution < -0.4 is 0 Å². The lowest BCUT2D eigenvalue weighted by Gasteiger charge is -2.20. The Bertz CT molecular complexity index is 949. The molecule has 0 saturated carbocycles. The van der Waals surface area contributed by atoms with Crippen molar-refractivity contribution in [2.75, 3.05) is 6.54 Å². The van der Waals surface area contributed by atoms with Crippen molar-refractivity contribution in [3.8, 4) is 0 Å². The molecule has 30 heavy (non-hydrogen) atoms. The number of benzene rings is 2. The largest absolute Gasteiger partial charge is 0.480 e. The average molecular weight is 430 g/mol. The number of rotatable bonds is 6. The molecule has 0 bridgehead atoms. The molecule has 1 aliphatic rings. The van der Waals surface area contributed by atoms with E-state index in [1.165, 1.54) is 24.3 Å². The minimum Gasteiger partial charge on any atom is -0.480 e. The smallest absolute Gasteiger partial charge is 0.410 e. The first kappa shape index (κ1) is 21.3. The summed E-state index contributed by atoms with van der Waals surface area (Å²) < 4.78 is 5.19. The molecular weight excluding hydrogens is 412 g/mol. The Morgan fingerprint density at radius 2 is 1.80 bits per heavy atom. The van der Waals surface area contributed by atoms with Crippen LogP contribution in [-0.4, -0.2) is 49.9 Å². The Labute approximate surface area is 175 Å². The molecule has 156 valence electrons. The van der Waals surface area contributed by atoms with Gasteiger partial charge in [0.1, 0.15) is 12.6 Å². The number of carbonyl (C=O) groups excluding carboxylic acids is 2. The number of carboxylic acids is 1. The lowest BCUT2D eigenvalue weighted by molar-refractivity contribution is -0.384. The van der Waals surface area contributed by atoms with Gasteiger partial charge in [-0.05, 0) is 24.1 Å². The van der Waals surface area contributed by atoms with Gasteiger partial charge in [-0.3, -0.25) is 19.8 Å². The van der Waals surface area contributed by atoms with Crippen LogP contribution in [0.3, 0.4) is 0 Å². The third kappa shape index (κ3) is 5.15. The van der Waals surface area contributed by atoms with Gasteiger partial charge in [-0.15, -0.1) is 0 Å². The fourth-order valence-electron chi connectivity index (χ4n) is 3.05. The number of carbonyl (C=O) groups is 3. The van der Waals surface area contributed by atoms with Crippen molar-refractivity contribution in [2.24, 2.45) is 0 Å². The number of likely N-dealkylation sites (tertiary alicyclic amines) is 1. The molecule has 1 unspecified atom stereocenters. The molecule has 1 fully saturated rings. The third-order valence-electron chi connectivity index (χ3n) is 4.57. The Hall–Kier alpha value is -3.40. The molecule has 1 saturated heterocycles. The van der Waals surface area contributed by atoms with Crippen molar-refractivity contribution in [1.82, 2.24) is 4.90 Å². The zero-order valence-electron chi connectivity index (χ0n) is 15.7. The first-order chi connectivity index (χ1) is 14.3. The quantitative estimate of drug-likeness (QED) is 0.546. The van der Waals surface area contributed by atoms with Crippen molar-refractivity contribution in [3.63, 3.8) is 0 Å². The second kappa shape index (κ2) is 9.40. The molecule has 10 heteroatoms. The summed E-state index contributed by atoms with van der Waals surface area (Å²) in [5.74, 6) is -1.17. The maximum absolute atomic E-state index is 12.4. The number of hydrogen-bond acceptors (Lipinski definition) is 7. The molecule has 0 radical (unpaired) electrons. The van der Waals surface area contributed by atoms with Crippen LogP contribution in [0.15, 0.2) is 54.6 Å². The van der Waals surface area contributed by atoms with Crippen LogP contribution >= 0.6 is 11.8 Å². The molecule has 0 aliphatic carbocycles. The van der Waals surface area contributed by atoms with E-state index < -0.39 is 23.0 Å². The standard InChI is InChI=1S/C20H18N2O7S/c23-18(24)17-10-16(30-19(25)14-4-2-1-3-5-14)11-21(17)20(26)29-12-13-6-8-15(9-7-13)22(27)28/h1-9,16-17H,10-12H2,(H,23,24)/t16?,17-/m0/s1. The van der Waals surface area contributed by atoms with E-state index in [2.05, 4.69) is 0 Å². The van der Waals surface area contributed by atoms with E-state index in [9.17, 15) is 29.6 Å². The molecule has 9 nitrogen and oxygen atoms in total. The van der Waals surface area contributed by atoms with E-state index in [0.717, 1.165) is 16.7 Å². The molecule has 1 heterocycles. The highest BCUT2D eigenvalue weighted by atomic mass is 32.2. The minimum absolute atomic E-state index is 0.0688. The Morgan fingerprint density at radius 1 is 1.13 bits per heavy atom. The summed E-state index contributed by atoms with van der Waals surface area (Å²) in [5.41, 5.74) is 0.956.